The molecule has 0 heterocycles. The van der Waals surface area contributed by atoms with Crippen LogP contribution in [0.3, 0.4) is 0 Å². The highest BCUT2D eigenvalue weighted by Crippen LogP contribution is 2.17. The Kier molecular flexibility index (Phi) is 5.28. The Hall–Kier alpha value is -1.23. The van der Waals surface area contributed by atoms with Crippen molar-refractivity contribution in [2.75, 3.05) is 17.1 Å². The van der Waals surface area contributed by atoms with Crippen molar-refractivity contribution in [2.45, 2.75) is 26.7 Å². The maximum atomic E-state index is 11.3. The fourth-order valence-electron chi connectivity index (χ4n) is 1.21. The van der Waals surface area contributed by atoms with Gasteiger partial charge in [0.1, 0.15) is 5.75 Å². The first-order chi connectivity index (χ1) is 8.07. The highest BCUT2D eigenvalue weighted by molar-refractivity contribution is 7.92. The van der Waals surface area contributed by atoms with Crippen molar-refractivity contribution in [2.24, 2.45) is 0 Å². The number of ether oxygens (including phenoxy) is 1. The molecule has 0 radical (unpaired) electrons. The predicted molar refractivity (Wildman–Crippen MR) is 69.9 cm³/mol. The van der Waals surface area contributed by atoms with E-state index in [2.05, 4.69) is 11.6 Å². The number of sulfonamides is 1. The van der Waals surface area contributed by atoms with Crippen LogP contribution in [0.2, 0.25) is 0 Å². The van der Waals surface area contributed by atoms with Gasteiger partial charge >= 0.3 is 0 Å². The number of rotatable bonds is 7. The summed E-state index contributed by atoms with van der Waals surface area (Å²) in [5.41, 5.74) is 0.565. The number of hydrogen-bond donors (Lipinski definition) is 1. The lowest BCUT2D eigenvalue weighted by molar-refractivity contribution is 0.309. The fourth-order valence-corrected chi connectivity index (χ4v) is 1.84. The van der Waals surface area contributed by atoms with Crippen LogP contribution >= 0.6 is 0 Å². The molecule has 0 aliphatic carbocycles. The summed E-state index contributed by atoms with van der Waals surface area (Å²) >= 11 is 0. The molecule has 4 nitrogen and oxygen atoms in total. The van der Waals surface area contributed by atoms with Gasteiger partial charge in [0.05, 0.1) is 12.4 Å². The van der Waals surface area contributed by atoms with Crippen molar-refractivity contribution >= 4 is 15.7 Å². The monoisotopic (exact) mass is 257 g/mol. The summed E-state index contributed by atoms with van der Waals surface area (Å²) in [5, 5.41) is 0. The Bertz CT molecular complexity index is 426. The van der Waals surface area contributed by atoms with Gasteiger partial charge in [-0.1, -0.05) is 13.3 Å². The Labute approximate surface area is 103 Å². The van der Waals surface area contributed by atoms with E-state index >= 15 is 0 Å². The Morgan fingerprint density at radius 2 is 1.82 bits per heavy atom. The summed E-state index contributed by atoms with van der Waals surface area (Å²) in [6, 6.07) is 6.94. The zero-order valence-electron chi connectivity index (χ0n) is 10.3. The minimum atomic E-state index is -3.20. The first-order valence-electron chi connectivity index (χ1n) is 5.80. The minimum absolute atomic E-state index is 0.0712. The predicted octanol–water partition coefficient (Wildman–Crippen LogP) is 2.63. The lowest BCUT2D eigenvalue weighted by Gasteiger charge is -2.08. The largest absolute Gasteiger partial charge is 0.494 e. The first-order valence-corrected chi connectivity index (χ1v) is 7.46. The standard InChI is InChI=1S/C12H19NO3S/c1-3-5-10-16-12-8-6-11(7-9-12)13-17(14,15)4-2/h6-9,13H,3-5,10H2,1-2H3. The zero-order chi connectivity index (χ0) is 12.7. The smallest absolute Gasteiger partial charge is 0.232 e. The summed E-state index contributed by atoms with van der Waals surface area (Å²) < 4.78 is 30.6. The van der Waals surface area contributed by atoms with Gasteiger partial charge in [0.2, 0.25) is 10.0 Å². The zero-order valence-corrected chi connectivity index (χ0v) is 11.1. The van der Waals surface area contributed by atoms with E-state index in [0.717, 1.165) is 18.6 Å². The molecule has 0 amide bonds. The molecule has 5 heteroatoms. The van der Waals surface area contributed by atoms with Gasteiger partial charge < -0.3 is 4.74 Å². The highest BCUT2D eigenvalue weighted by atomic mass is 32.2. The highest BCUT2D eigenvalue weighted by Gasteiger charge is 2.06. The molecule has 1 N–H and O–H groups in total. The van der Waals surface area contributed by atoms with E-state index in [9.17, 15) is 8.42 Å². The molecule has 0 aliphatic heterocycles. The number of unbranched alkanes of at least 4 members (excludes halogenated alkanes) is 1. The lowest BCUT2D eigenvalue weighted by Crippen LogP contribution is -2.14. The van der Waals surface area contributed by atoms with Crippen LogP contribution < -0.4 is 9.46 Å². The molecule has 0 atom stereocenters. The van der Waals surface area contributed by atoms with Crippen LogP contribution in [0.25, 0.3) is 0 Å². The number of anilines is 1. The van der Waals surface area contributed by atoms with Crippen LogP contribution in [0.1, 0.15) is 26.7 Å². The van der Waals surface area contributed by atoms with Gasteiger partial charge in [0, 0.05) is 5.69 Å². The van der Waals surface area contributed by atoms with Crippen molar-refractivity contribution in [1.29, 1.82) is 0 Å². The summed E-state index contributed by atoms with van der Waals surface area (Å²) in [4.78, 5) is 0. The average molecular weight is 257 g/mol. The van der Waals surface area contributed by atoms with Crippen LogP contribution in [0.4, 0.5) is 5.69 Å². The molecule has 96 valence electrons. The topological polar surface area (TPSA) is 55.4 Å². The molecular weight excluding hydrogens is 238 g/mol. The Morgan fingerprint density at radius 1 is 1.18 bits per heavy atom. The molecule has 0 spiro atoms. The van der Waals surface area contributed by atoms with Crippen molar-refractivity contribution in [3.8, 4) is 5.75 Å². The molecule has 0 aliphatic rings. The van der Waals surface area contributed by atoms with Crippen LogP contribution in [-0.4, -0.2) is 20.8 Å². The molecule has 17 heavy (non-hydrogen) atoms. The average Bonchev–Trinajstić information content (AvgIpc) is 2.31. The fraction of sp³-hybridized carbons (Fsp3) is 0.500. The van der Waals surface area contributed by atoms with Crippen LogP contribution in [0.5, 0.6) is 5.75 Å². The van der Waals surface area contributed by atoms with E-state index in [0.29, 0.717) is 12.3 Å². The van der Waals surface area contributed by atoms with E-state index in [1.54, 1.807) is 31.2 Å². The third-order valence-electron chi connectivity index (χ3n) is 2.27. The number of hydrogen-bond acceptors (Lipinski definition) is 3. The molecule has 0 unspecified atom stereocenters. The van der Waals surface area contributed by atoms with Gasteiger partial charge in [-0.15, -0.1) is 0 Å². The second-order valence-corrected chi connectivity index (χ2v) is 5.74. The van der Waals surface area contributed by atoms with Crippen molar-refractivity contribution in [1.82, 2.24) is 0 Å². The van der Waals surface area contributed by atoms with E-state index in [-0.39, 0.29) is 5.75 Å². The van der Waals surface area contributed by atoms with Crippen molar-refractivity contribution in [3.05, 3.63) is 24.3 Å². The normalized spacial score (nSPS) is 11.2. The Balaban J connectivity index is 2.56. The molecule has 1 aromatic rings. The minimum Gasteiger partial charge on any atom is -0.494 e. The maximum absolute atomic E-state index is 11.3. The number of benzene rings is 1. The summed E-state index contributed by atoms with van der Waals surface area (Å²) in [6.07, 6.45) is 2.11. The quantitative estimate of drug-likeness (QED) is 0.764. The molecule has 0 aromatic heterocycles. The van der Waals surface area contributed by atoms with E-state index in [1.807, 2.05) is 0 Å². The van der Waals surface area contributed by atoms with Gasteiger partial charge in [0.15, 0.2) is 0 Å². The first kappa shape index (κ1) is 13.8. The summed E-state index contributed by atoms with van der Waals surface area (Å²) in [5.74, 6) is 0.833. The van der Waals surface area contributed by atoms with Gasteiger partial charge in [0.25, 0.3) is 0 Å². The molecular formula is C12H19NO3S. The molecule has 1 aromatic carbocycles. The molecule has 1 rings (SSSR count). The van der Waals surface area contributed by atoms with Crippen LogP contribution in [0.15, 0.2) is 24.3 Å². The van der Waals surface area contributed by atoms with Gasteiger partial charge in [-0.2, -0.15) is 0 Å². The lowest BCUT2D eigenvalue weighted by atomic mass is 10.3. The Morgan fingerprint density at radius 3 is 2.35 bits per heavy atom. The van der Waals surface area contributed by atoms with Crippen LogP contribution in [-0.2, 0) is 10.0 Å². The van der Waals surface area contributed by atoms with E-state index in [1.165, 1.54) is 0 Å². The summed E-state index contributed by atoms with van der Waals surface area (Å²) in [6.45, 7) is 4.40. The third-order valence-corrected chi connectivity index (χ3v) is 3.58. The molecule has 0 saturated carbocycles. The molecule has 0 saturated heterocycles. The van der Waals surface area contributed by atoms with Crippen LogP contribution in [0, 0.1) is 0 Å². The maximum Gasteiger partial charge on any atom is 0.232 e. The second-order valence-electron chi connectivity index (χ2n) is 3.73. The van der Waals surface area contributed by atoms with Gasteiger partial charge in [-0.25, -0.2) is 8.42 Å². The van der Waals surface area contributed by atoms with Crippen molar-refractivity contribution in [3.63, 3.8) is 0 Å². The molecule has 0 fully saturated rings. The van der Waals surface area contributed by atoms with E-state index < -0.39 is 10.0 Å². The second kappa shape index (κ2) is 6.49. The van der Waals surface area contributed by atoms with Gasteiger partial charge in [-0.3, -0.25) is 4.72 Å². The molecule has 0 bridgehead atoms. The van der Waals surface area contributed by atoms with E-state index in [4.69, 9.17) is 4.74 Å². The van der Waals surface area contributed by atoms with Crippen molar-refractivity contribution < 1.29 is 13.2 Å². The summed E-state index contributed by atoms with van der Waals surface area (Å²) in [7, 11) is -3.20. The third kappa shape index (κ3) is 5.08. The SMILES string of the molecule is CCCCOc1ccc(NS(=O)(=O)CC)cc1. The van der Waals surface area contributed by atoms with Gasteiger partial charge in [-0.05, 0) is 37.6 Å². The number of nitrogens with one attached hydrogen (secondary N) is 1.